The molecule has 1 aromatic carbocycles. The van der Waals surface area contributed by atoms with Gasteiger partial charge in [0.25, 0.3) is 0 Å². The van der Waals surface area contributed by atoms with Gasteiger partial charge in [-0.25, -0.2) is 0 Å². The number of benzene rings is 1. The molecule has 17 heavy (non-hydrogen) atoms. The van der Waals surface area contributed by atoms with Crippen molar-refractivity contribution in [3.05, 3.63) is 33.3 Å². The molecule has 0 saturated heterocycles. The number of rotatable bonds is 6. The lowest BCUT2D eigenvalue weighted by Crippen LogP contribution is -2.47. The van der Waals surface area contributed by atoms with Crippen LogP contribution in [0.4, 0.5) is 0 Å². The molecule has 0 radical (unpaired) electrons. The van der Waals surface area contributed by atoms with Gasteiger partial charge in [-0.1, -0.05) is 31.5 Å². The van der Waals surface area contributed by atoms with E-state index < -0.39 is 0 Å². The Kier molecular flexibility index (Phi) is 5.93. The third kappa shape index (κ3) is 3.95. The molecule has 96 valence electrons. The van der Waals surface area contributed by atoms with Crippen LogP contribution in [0.25, 0.3) is 0 Å². The van der Waals surface area contributed by atoms with Crippen LogP contribution < -0.4 is 5.32 Å². The van der Waals surface area contributed by atoms with Gasteiger partial charge >= 0.3 is 0 Å². The second kappa shape index (κ2) is 6.74. The fraction of sp³-hybridized carbons (Fsp3) is 0.538. The minimum atomic E-state index is -0.181. The Morgan fingerprint density at radius 2 is 2.00 bits per heavy atom. The molecule has 1 rings (SSSR count). The highest BCUT2D eigenvalue weighted by Crippen LogP contribution is 2.23. The van der Waals surface area contributed by atoms with Crippen molar-refractivity contribution in [2.45, 2.75) is 38.8 Å². The molecular weight excluding hydrogens is 302 g/mol. The first-order chi connectivity index (χ1) is 8.06. The fourth-order valence-electron chi connectivity index (χ4n) is 1.72. The van der Waals surface area contributed by atoms with Crippen molar-refractivity contribution >= 4 is 27.5 Å². The number of nitrogens with one attached hydrogen (secondary N) is 1. The van der Waals surface area contributed by atoms with Crippen LogP contribution in [0.2, 0.25) is 5.02 Å². The Labute approximate surface area is 117 Å². The quantitative estimate of drug-likeness (QED) is 0.837. The van der Waals surface area contributed by atoms with Crippen molar-refractivity contribution in [3.8, 4) is 0 Å². The second-order valence-electron chi connectivity index (χ2n) is 4.25. The summed E-state index contributed by atoms with van der Waals surface area (Å²) in [4.78, 5) is 0. The molecule has 0 fully saturated rings. The van der Waals surface area contributed by atoms with Crippen LogP contribution in [-0.4, -0.2) is 17.3 Å². The Morgan fingerprint density at radius 3 is 2.47 bits per heavy atom. The average molecular weight is 321 g/mol. The molecule has 0 spiro atoms. The van der Waals surface area contributed by atoms with E-state index in [-0.39, 0.29) is 12.1 Å². The van der Waals surface area contributed by atoms with Crippen LogP contribution in [0.3, 0.4) is 0 Å². The van der Waals surface area contributed by atoms with E-state index in [0.717, 1.165) is 29.4 Å². The zero-order chi connectivity index (χ0) is 12.9. The maximum Gasteiger partial charge on any atom is 0.0613 e. The van der Waals surface area contributed by atoms with Gasteiger partial charge in [0.2, 0.25) is 0 Å². The molecular formula is C13H19BrClNO. The molecule has 0 heterocycles. The van der Waals surface area contributed by atoms with E-state index in [2.05, 4.69) is 35.1 Å². The summed E-state index contributed by atoms with van der Waals surface area (Å²) < 4.78 is 0.905. The third-order valence-electron chi connectivity index (χ3n) is 3.31. The maximum atomic E-state index is 9.46. The van der Waals surface area contributed by atoms with Crippen molar-refractivity contribution < 1.29 is 5.11 Å². The number of hydrogen-bond acceptors (Lipinski definition) is 2. The maximum absolute atomic E-state index is 9.46. The molecule has 0 atom stereocenters. The van der Waals surface area contributed by atoms with E-state index in [4.69, 9.17) is 11.6 Å². The molecule has 1 aromatic rings. The zero-order valence-electron chi connectivity index (χ0n) is 10.3. The lowest BCUT2D eigenvalue weighted by molar-refractivity contribution is 0.149. The van der Waals surface area contributed by atoms with Crippen LogP contribution >= 0.6 is 27.5 Å². The van der Waals surface area contributed by atoms with Crippen molar-refractivity contribution in [3.63, 3.8) is 0 Å². The van der Waals surface area contributed by atoms with Crippen molar-refractivity contribution in [1.82, 2.24) is 5.32 Å². The number of hydrogen-bond donors (Lipinski definition) is 2. The molecule has 2 nitrogen and oxygen atoms in total. The van der Waals surface area contributed by atoms with Gasteiger partial charge in [0, 0.05) is 16.6 Å². The summed E-state index contributed by atoms with van der Waals surface area (Å²) in [5.41, 5.74) is 0.942. The molecule has 0 amide bonds. The lowest BCUT2D eigenvalue weighted by atomic mass is 9.93. The normalized spacial score (nSPS) is 11.8. The monoisotopic (exact) mass is 319 g/mol. The van der Waals surface area contributed by atoms with E-state index in [1.807, 2.05) is 18.2 Å². The Morgan fingerprint density at radius 1 is 1.35 bits per heavy atom. The van der Waals surface area contributed by atoms with Crippen LogP contribution in [-0.2, 0) is 6.54 Å². The fourth-order valence-corrected chi connectivity index (χ4v) is 2.17. The van der Waals surface area contributed by atoms with Gasteiger partial charge in [-0.15, -0.1) is 0 Å². The van der Waals surface area contributed by atoms with Crippen LogP contribution in [0, 0.1) is 0 Å². The highest BCUT2D eigenvalue weighted by atomic mass is 79.9. The molecule has 0 aliphatic rings. The Hall–Kier alpha value is -0.0900. The summed E-state index contributed by atoms with van der Waals surface area (Å²) in [6.45, 7) is 5.04. The third-order valence-corrected chi connectivity index (χ3v) is 4.54. The predicted octanol–water partition coefficient (Wildman–Crippen LogP) is 3.74. The minimum Gasteiger partial charge on any atom is -0.394 e. The molecule has 0 bridgehead atoms. The van der Waals surface area contributed by atoms with Gasteiger partial charge < -0.3 is 10.4 Å². The summed E-state index contributed by atoms with van der Waals surface area (Å²) in [5.74, 6) is 0. The van der Waals surface area contributed by atoms with E-state index in [9.17, 15) is 5.11 Å². The number of halogens is 2. The zero-order valence-corrected chi connectivity index (χ0v) is 12.6. The van der Waals surface area contributed by atoms with Crippen LogP contribution in [0.5, 0.6) is 0 Å². The largest absolute Gasteiger partial charge is 0.394 e. The van der Waals surface area contributed by atoms with E-state index in [1.165, 1.54) is 0 Å². The van der Waals surface area contributed by atoms with Gasteiger partial charge in [0.05, 0.1) is 11.6 Å². The standard InChI is InChI=1S/C13H19BrClNO/c1-3-13(4-2,9-17)16-8-10-5-6-11(14)12(15)7-10/h5-7,16-17H,3-4,8-9H2,1-2H3. The Balaban J connectivity index is 2.68. The molecule has 0 aliphatic carbocycles. The van der Waals surface area contributed by atoms with Crippen molar-refractivity contribution in [2.75, 3.05) is 6.61 Å². The van der Waals surface area contributed by atoms with Gasteiger partial charge in [-0.3, -0.25) is 0 Å². The first kappa shape index (κ1) is 15.0. The summed E-state index contributed by atoms with van der Waals surface area (Å²) in [6.07, 6.45) is 1.81. The summed E-state index contributed by atoms with van der Waals surface area (Å²) in [5, 5.41) is 13.6. The van der Waals surface area contributed by atoms with E-state index in [0.29, 0.717) is 5.02 Å². The van der Waals surface area contributed by atoms with Crippen molar-refractivity contribution in [2.24, 2.45) is 0 Å². The smallest absolute Gasteiger partial charge is 0.0613 e. The molecule has 0 saturated carbocycles. The summed E-state index contributed by atoms with van der Waals surface area (Å²) in [6, 6.07) is 5.90. The highest BCUT2D eigenvalue weighted by Gasteiger charge is 2.23. The van der Waals surface area contributed by atoms with Crippen LogP contribution in [0.15, 0.2) is 22.7 Å². The SMILES string of the molecule is CCC(CC)(CO)NCc1ccc(Br)c(Cl)c1. The van der Waals surface area contributed by atoms with Gasteiger partial charge in [-0.2, -0.15) is 0 Å². The number of aliphatic hydroxyl groups excluding tert-OH is 1. The predicted molar refractivity (Wildman–Crippen MR) is 76.4 cm³/mol. The summed E-state index contributed by atoms with van der Waals surface area (Å²) in [7, 11) is 0. The topological polar surface area (TPSA) is 32.3 Å². The lowest BCUT2D eigenvalue weighted by Gasteiger charge is -2.31. The highest BCUT2D eigenvalue weighted by molar-refractivity contribution is 9.10. The minimum absolute atomic E-state index is 0.157. The first-order valence-electron chi connectivity index (χ1n) is 5.86. The van der Waals surface area contributed by atoms with Gasteiger partial charge in [-0.05, 0) is 46.5 Å². The molecule has 2 N–H and O–H groups in total. The summed E-state index contributed by atoms with van der Waals surface area (Å²) >= 11 is 9.41. The van der Waals surface area contributed by atoms with Gasteiger partial charge in [0.15, 0.2) is 0 Å². The van der Waals surface area contributed by atoms with Crippen molar-refractivity contribution in [1.29, 1.82) is 0 Å². The molecule has 0 aliphatic heterocycles. The van der Waals surface area contributed by atoms with Crippen LogP contribution in [0.1, 0.15) is 32.3 Å². The van der Waals surface area contributed by atoms with E-state index in [1.54, 1.807) is 0 Å². The number of aliphatic hydroxyl groups is 1. The molecule has 0 aromatic heterocycles. The van der Waals surface area contributed by atoms with E-state index >= 15 is 0 Å². The Bertz CT molecular complexity index is 358. The average Bonchev–Trinajstić information content (AvgIpc) is 2.36. The first-order valence-corrected chi connectivity index (χ1v) is 7.04. The molecule has 4 heteroatoms. The van der Waals surface area contributed by atoms with Gasteiger partial charge in [0.1, 0.15) is 0 Å². The second-order valence-corrected chi connectivity index (χ2v) is 5.51. The molecule has 0 unspecified atom stereocenters.